The van der Waals surface area contributed by atoms with Crippen LogP contribution < -0.4 is 10.5 Å². The van der Waals surface area contributed by atoms with E-state index in [9.17, 15) is 12.8 Å². The van der Waals surface area contributed by atoms with Gasteiger partial charge in [-0.1, -0.05) is 12.1 Å². The summed E-state index contributed by atoms with van der Waals surface area (Å²) in [4.78, 5) is 2.55. The van der Waals surface area contributed by atoms with E-state index in [1.54, 1.807) is 12.1 Å². The molecular weight excluding hydrogens is 427 g/mol. The van der Waals surface area contributed by atoms with Gasteiger partial charge in [0.1, 0.15) is 11.6 Å². The number of likely N-dealkylation sites (tertiary alicyclic amines) is 1. The first-order valence-corrected chi connectivity index (χ1v) is 11.7. The lowest BCUT2D eigenvalue weighted by Gasteiger charge is -2.28. The van der Waals surface area contributed by atoms with E-state index in [2.05, 4.69) is 4.90 Å². The Bertz CT molecular complexity index is 986. The van der Waals surface area contributed by atoms with E-state index in [-0.39, 0.29) is 22.2 Å². The van der Waals surface area contributed by atoms with Crippen LogP contribution in [0.15, 0.2) is 52.3 Å². The van der Waals surface area contributed by atoms with Gasteiger partial charge in [-0.25, -0.2) is 12.8 Å². The highest BCUT2D eigenvalue weighted by Crippen LogP contribution is 2.38. The minimum atomic E-state index is -3.79. The number of halogens is 2. The molecule has 0 amide bonds. The number of hydrogen-bond acceptors (Lipinski definition) is 5. The van der Waals surface area contributed by atoms with Crippen LogP contribution in [-0.4, -0.2) is 46.1 Å². The lowest BCUT2D eigenvalue weighted by Crippen LogP contribution is -2.26. The minimum Gasteiger partial charge on any atom is -0.493 e. The smallest absolute Gasteiger partial charge is 0.206 e. The summed E-state index contributed by atoms with van der Waals surface area (Å²) < 4.78 is 45.0. The Labute approximate surface area is 183 Å². The van der Waals surface area contributed by atoms with E-state index in [1.807, 2.05) is 6.07 Å². The fourth-order valence-electron chi connectivity index (χ4n) is 4.33. The first-order valence-electron chi connectivity index (χ1n) is 10.2. The second-order valence-electron chi connectivity index (χ2n) is 7.97. The molecule has 2 unspecified atom stereocenters. The van der Waals surface area contributed by atoms with E-state index in [0.29, 0.717) is 24.2 Å². The van der Waals surface area contributed by atoms with Gasteiger partial charge in [-0.2, -0.15) is 0 Å². The Kier molecular flexibility index (Phi) is 7.39. The van der Waals surface area contributed by atoms with Crippen molar-refractivity contribution in [2.45, 2.75) is 35.0 Å². The molecule has 2 heterocycles. The van der Waals surface area contributed by atoms with Crippen LogP contribution in [0.5, 0.6) is 5.75 Å². The molecule has 0 saturated carbocycles. The van der Waals surface area contributed by atoms with Crippen molar-refractivity contribution in [2.24, 2.45) is 11.7 Å². The number of nitrogens with zero attached hydrogens (tertiary/aromatic N) is 1. The average Bonchev–Trinajstić information content (AvgIpc) is 3.20. The Morgan fingerprint density at radius 3 is 2.67 bits per heavy atom. The molecule has 164 valence electrons. The van der Waals surface area contributed by atoms with Crippen LogP contribution in [-0.2, 0) is 9.84 Å². The molecule has 0 aliphatic carbocycles. The van der Waals surface area contributed by atoms with Crippen LogP contribution in [0.25, 0.3) is 0 Å². The van der Waals surface area contributed by atoms with Gasteiger partial charge in [0.15, 0.2) is 0 Å². The van der Waals surface area contributed by atoms with Crippen molar-refractivity contribution in [1.82, 2.24) is 4.90 Å². The molecule has 4 rings (SSSR count). The van der Waals surface area contributed by atoms with Crippen molar-refractivity contribution in [3.8, 4) is 5.75 Å². The van der Waals surface area contributed by atoms with Crippen molar-refractivity contribution in [1.29, 1.82) is 0 Å². The molecular formula is C22H28ClFN2O3S. The Morgan fingerprint density at radius 1 is 1.13 bits per heavy atom. The van der Waals surface area contributed by atoms with Crippen LogP contribution in [0, 0.1) is 11.7 Å². The standard InChI is InChI=1S/C22H27FN2O3S.ClH/c23-18-2-1-3-19(12-18)29(26,27)20-4-5-21-17(8-11-28-22(21)13-20)7-10-25-9-6-16(14-24)15-25;/h1-5,12-13,16-17H,6-11,14-15,24H2;1H. The minimum absolute atomic E-state index is 0. The van der Waals surface area contributed by atoms with Gasteiger partial charge in [0.2, 0.25) is 9.84 Å². The highest BCUT2D eigenvalue weighted by molar-refractivity contribution is 7.91. The van der Waals surface area contributed by atoms with Crippen LogP contribution in [0.1, 0.15) is 30.7 Å². The van der Waals surface area contributed by atoms with E-state index in [4.69, 9.17) is 10.5 Å². The second-order valence-corrected chi connectivity index (χ2v) is 9.92. The van der Waals surface area contributed by atoms with E-state index in [1.165, 1.54) is 24.6 Å². The molecule has 0 aromatic heterocycles. The second kappa shape index (κ2) is 9.64. The third-order valence-corrected chi connectivity index (χ3v) is 7.81. The van der Waals surface area contributed by atoms with Gasteiger partial charge in [-0.3, -0.25) is 0 Å². The monoisotopic (exact) mass is 454 g/mol. The van der Waals surface area contributed by atoms with Crippen LogP contribution in [0.2, 0.25) is 0 Å². The topological polar surface area (TPSA) is 72.6 Å². The van der Waals surface area contributed by atoms with Crippen LogP contribution in [0.3, 0.4) is 0 Å². The Morgan fingerprint density at radius 2 is 1.93 bits per heavy atom. The highest BCUT2D eigenvalue weighted by Gasteiger charge is 2.27. The van der Waals surface area contributed by atoms with Crippen molar-refractivity contribution in [3.63, 3.8) is 0 Å². The summed E-state index contributed by atoms with van der Waals surface area (Å²) in [6.45, 7) is 4.51. The zero-order valence-electron chi connectivity index (χ0n) is 16.8. The number of nitrogens with two attached hydrogens (primary N) is 1. The van der Waals surface area contributed by atoms with Gasteiger partial charge in [0.25, 0.3) is 0 Å². The molecule has 1 fully saturated rings. The summed E-state index contributed by atoms with van der Waals surface area (Å²) >= 11 is 0. The van der Waals surface area contributed by atoms with Crippen LogP contribution in [0.4, 0.5) is 4.39 Å². The molecule has 2 atom stereocenters. The number of ether oxygens (including phenoxy) is 1. The maximum absolute atomic E-state index is 13.5. The molecule has 0 bridgehead atoms. The predicted octanol–water partition coefficient (Wildman–Crippen LogP) is 3.62. The number of benzene rings is 2. The van der Waals surface area contributed by atoms with Gasteiger partial charge in [-0.05, 0) is 86.6 Å². The molecule has 2 N–H and O–H groups in total. The van der Waals surface area contributed by atoms with E-state index < -0.39 is 15.7 Å². The van der Waals surface area contributed by atoms with Gasteiger partial charge >= 0.3 is 0 Å². The van der Waals surface area contributed by atoms with Crippen molar-refractivity contribution < 1.29 is 17.5 Å². The van der Waals surface area contributed by atoms with Crippen LogP contribution >= 0.6 is 12.4 Å². The van der Waals surface area contributed by atoms with Crippen molar-refractivity contribution >= 4 is 22.2 Å². The quantitative estimate of drug-likeness (QED) is 0.721. The van der Waals surface area contributed by atoms with Gasteiger partial charge in [0, 0.05) is 6.54 Å². The molecule has 2 aliphatic rings. The third kappa shape index (κ3) is 4.80. The third-order valence-electron chi connectivity index (χ3n) is 6.06. The zero-order chi connectivity index (χ0) is 20.4. The SMILES string of the molecule is Cl.NCC1CCN(CCC2CCOc3cc(S(=O)(=O)c4cccc(F)c4)ccc32)C1. The summed E-state index contributed by atoms with van der Waals surface area (Å²) in [5.41, 5.74) is 6.84. The summed E-state index contributed by atoms with van der Waals surface area (Å²) in [6.07, 6.45) is 3.11. The zero-order valence-corrected chi connectivity index (χ0v) is 18.4. The summed E-state index contributed by atoms with van der Waals surface area (Å²) in [7, 11) is -3.79. The Hall–Kier alpha value is -1.67. The first-order chi connectivity index (χ1) is 14.0. The highest BCUT2D eigenvalue weighted by atomic mass is 35.5. The molecule has 2 aromatic carbocycles. The molecule has 0 spiro atoms. The molecule has 0 radical (unpaired) electrons. The summed E-state index contributed by atoms with van der Waals surface area (Å²) in [5.74, 6) is 1.01. The largest absolute Gasteiger partial charge is 0.493 e. The normalized spacial score (nSPS) is 21.5. The van der Waals surface area contributed by atoms with Gasteiger partial charge in [0.05, 0.1) is 16.4 Å². The summed E-state index contributed by atoms with van der Waals surface area (Å²) in [6, 6.07) is 10.1. The molecule has 8 heteroatoms. The maximum atomic E-state index is 13.5. The van der Waals surface area contributed by atoms with Gasteiger partial charge < -0.3 is 15.4 Å². The van der Waals surface area contributed by atoms with Crippen molar-refractivity contribution in [2.75, 3.05) is 32.8 Å². The number of rotatable bonds is 6. The lowest BCUT2D eigenvalue weighted by atomic mass is 9.90. The predicted molar refractivity (Wildman–Crippen MR) is 117 cm³/mol. The molecule has 2 aromatic rings. The van der Waals surface area contributed by atoms with Crippen molar-refractivity contribution in [3.05, 3.63) is 53.8 Å². The average molecular weight is 455 g/mol. The molecule has 5 nitrogen and oxygen atoms in total. The fourth-order valence-corrected chi connectivity index (χ4v) is 5.63. The van der Waals surface area contributed by atoms with E-state index in [0.717, 1.165) is 50.7 Å². The summed E-state index contributed by atoms with van der Waals surface area (Å²) in [5, 5.41) is 0. The maximum Gasteiger partial charge on any atom is 0.206 e. The van der Waals surface area contributed by atoms with Gasteiger partial charge in [-0.15, -0.1) is 12.4 Å². The van der Waals surface area contributed by atoms with E-state index >= 15 is 0 Å². The molecule has 2 aliphatic heterocycles. The Balaban J connectivity index is 0.00000256. The number of sulfone groups is 1. The number of hydrogen-bond donors (Lipinski definition) is 1. The number of fused-ring (bicyclic) bond motifs is 1. The lowest BCUT2D eigenvalue weighted by molar-refractivity contribution is 0.245. The first kappa shape index (κ1) is 23.0. The molecule has 30 heavy (non-hydrogen) atoms. The molecule has 1 saturated heterocycles. The fraction of sp³-hybridized carbons (Fsp3) is 0.455.